The Hall–Kier alpha value is -3.00. The van der Waals surface area contributed by atoms with Crippen molar-refractivity contribution < 1.29 is 27.8 Å². The maximum Gasteiger partial charge on any atom is 0.338 e. The zero-order valence-corrected chi connectivity index (χ0v) is 18.2. The van der Waals surface area contributed by atoms with E-state index in [4.69, 9.17) is 9.47 Å². The minimum Gasteiger partial charge on any atom is -0.496 e. The topological polar surface area (TPSA) is 59.1 Å². The van der Waals surface area contributed by atoms with Gasteiger partial charge in [0.15, 0.2) is 0 Å². The molecule has 2 aromatic carbocycles. The lowest BCUT2D eigenvalue weighted by molar-refractivity contribution is -0.132. The lowest BCUT2D eigenvalue weighted by atomic mass is 10.0. The molecule has 0 aromatic heterocycles. The molecule has 0 unspecified atom stereocenters. The van der Waals surface area contributed by atoms with Crippen LogP contribution in [0, 0.1) is 18.6 Å². The van der Waals surface area contributed by atoms with Crippen molar-refractivity contribution in [3.05, 3.63) is 63.7 Å². The van der Waals surface area contributed by atoms with Crippen LogP contribution in [0.5, 0.6) is 5.75 Å². The third-order valence-electron chi connectivity index (χ3n) is 6.22. The first-order chi connectivity index (χ1) is 15.4. The van der Waals surface area contributed by atoms with Gasteiger partial charge < -0.3 is 14.4 Å². The highest BCUT2D eigenvalue weighted by molar-refractivity contribution is 5.93. The summed E-state index contributed by atoms with van der Waals surface area (Å²) >= 11 is 0. The van der Waals surface area contributed by atoms with E-state index in [-0.39, 0.29) is 24.8 Å². The number of nitrogens with zero attached hydrogens (tertiary/aromatic N) is 2. The van der Waals surface area contributed by atoms with E-state index in [2.05, 4.69) is 4.90 Å². The number of esters is 1. The van der Waals surface area contributed by atoms with Gasteiger partial charge in [0.25, 0.3) is 0 Å². The number of benzene rings is 2. The predicted octanol–water partition coefficient (Wildman–Crippen LogP) is 2.88. The first-order valence-electron chi connectivity index (χ1n) is 10.7. The summed E-state index contributed by atoms with van der Waals surface area (Å²) in [7, 11) is 1.52. The van der Waals surface area contributed by atoms with Gasteiger partial charge in [-0.15, -0.1) is 0 Å². The number of cyclic esters (lactones) is 1. The van der Waals surface area contributed by atoms with Crippen molar-refractivity contribution in [3.63, 3.8) is 0 Å². The molecule has 1 fully saturated rings. The molecule has 2 heterocycles. The number of aryl methyl sites for hydroxylation is 1. The molecule has 4 rings (SSSR count). The van der Waals surface area contributed by atoms with Gasteiger partial charge in [-0.25, -0.2) is 13.6 Å². The second-order valence-electron chi connectivity index (χ2n) is 8.20. The molecular weight excluding hydrogens is 418 g/mol. The normalized spacial score (nSPS) is 16.1. The van der Waals surface area contributed by atoms with Gasteiger partial charge in [0.2, 0.25) is 5.91 Å². The zero-order valence-electron chi connectivity index (χ0n) is 18.2. The van der Waals surface area contributed by atoms with Crippen molar-refractivity contribution >= 4 is 11.9 Å². The largest absolute Gasteiger partial charge is 0.496 e. The van der Waals surface area contributed by atoms with Crippen molar-refractivity contribution in [3.8, 4) is 5.75 Å². The van der Waals surface area contributed by atoms with Crippen LogP contribution >= 0.6 is 0 Å². The van der Waals surface area contributed by atoms with Crippen molar-refractivity contribution in [2.75, 3.05) is 39.8 Å². The van der Waals surface area contributed by atoms with Crippen LogP contribution in [0.4, 0.5) is 8.78 Å². The molecule has 1 saturated heterocycles. The molecule has 6 nitrogen and oxygen atoms in total. The number of hydrogen-bond donors (Lipinski definition) is 0. The van der Waals surface area contributed by atoms with Gasteiger partial charge in [0.1, 0.15) is 24.0 Å². The Balaban J connectivity index is 1.29. The minimum atomic E-state index is -0.477. The Morgan fingerprint density at radius 2 is 1.88 bits per heavy atom. The SMILES string of the molecule is COc1cc(CC(=O)N2CCN(CCc3ccc4c(c3F)COC4=O)CC2)c(F)cc1C. The summed E-state index contributed by atoms with van der Waals surface area (Å²) < 4.78 is 39.0. The van der Waals surface area contributed by atoms with Crippen LogP contribution in [0.25, 0.3) is 0 Å². The Bertz CT molecular complexity index is 1050. The number of carbonyl (C=O) groups excluding carboxylic acids is 2. The molecule has 2 aliphatic heterocycles. The molecule has 32 heavy (non-hydrogen) atoms. The fourth-order valence-corrected chi connectivity index (χ4v) is 4.24. The lowest BCUT2D eigenvalue weighted by Gasteiger charge is -2.35. The van der Waals surface area contributed by atoms with E-state index >= 15 is 0 Å². The molecule has 8 heteroatoms. The maximum atomic E-state index is 14.6. The molecule has 0 aliphatic carbocycles. The Labute approximate surface area is 185 Å². The van der Waals surface area contributed by atoms with Crippen molar-refractivity contribution in [1.82, 2.24) is 9.80 Å². The lowest BCUT2D eigenvalue weighted by Crippen LogP contribution is -2.49. The molecule has 0 bridgehead atoms. The van der Waals surface area contributed by atoms with Gasteiger partial charge in [-0.05, 0) is 42.7 Å². The van der Waals surface area contributed by atoms with E-state index in [9.17, 15) is 18.4 Å². The summed E-state index contributed by atoms with van der Waals surface area (Å²) in [4.78, 5) is 28.1. The third kappa shape index (κ3) is 4.46. The number of halogens is 2. The summed E-state index contributed by atoms with van der Waals surface area (Å²) in [5.74, 6) is -0.802. The number of amides is 1. The monoisotopic (exact) mass is 444 g/mol. The average Bonchev–Trinajstić information content (AvgIpc) is 3.17. The van der Waals surface area contributed by atoms with E-state index in [0.29, 0.717) is 72.7 Å². The Kier molecular flexibility index (Phi) is 6.41. The number of rotatable bonds is 6. The molecule has 2 aromatic rings. The van der Waals surface area contributed by atoms with E-state index in [1.54, 1.807) is 30.0 Å². The van der Waals surface area contributed by atoms with Gasteiger partial charge in [0, 0.05) is 43.9 Å². The number of hydrogen-bond acceptors (Lipinski definition) is 5. The molecule has 0 spiro atoms. The summed E-state index contributed by atoms with van der Waals surface area (Å²) in [6.45, 7) is 4.81. The maximum absolute atomic E-state index is 14.6. The summed E-state index contributed by atoms with van der Waals surface area (Å²) in [5, 5.41) is 0. The first kappa shape index (κ1) is 22.2. The third-order valence-corrected chi connectivity index (χ3v) is 6.22. The standard InChI is InChI=1S/C24H26F2N2O4/c1-15-11-20(25)17(12-21(15)31-2)13-22(29)28-9-7-27(8-10-28)6-5-16-3-4-18-19(23(16)26)14-32-24(18)30/h3-4,11-12H,5-10,13-14H2,1-2H3. The molecule has 1 amide bonds. The fourth-order valence-electron chi connectivity index (χ4n) is 4.24. The van der Waals surface area contributed by atoms with Crippen LogP contribution < -0.4 is 4.74 Å². The number of ether oxygens (including phenoxy) is 2. The highest BCUT2D eigenvalue weighted by atomic mass is 19.1. The second kappa shape index (κ2) is 9.24. The molecule has 0 atom stereocenters. The number of piperazine rings is 1. The highest BCUT2D eigenvalue weighted by Crippen LogP contribution is 2.26. The van der Waals surface area contributed by atoms with Crippen LogP contribution in [0.1, 0.15) is 32.6 Å². The van der Waals surface area contributed by atoms with Crippen LogP contribution in [0.3, 0.4) is 0 Å². The van der Waals surface area contributed by atoms with Crippen molar-refractivity contribution in [1.29, 1.82) is 0 Å². The van der Waals surface area contributed by atoms with Crippen molar-refractivity contribution in [2.45, 2.75) is 26.4 Å². The van der Waals surface area contributed by atoms with E-state index < -0.39 is 11.8 Å². The Morgan fingerprint density at radius 1 is 1.12 bits per heavy atom. The average molecular weight is 444 g/mol. The van der Waals surface area contributed by atoms with E-state index in [1.807, 2.05) is 0 Å². The van der Waals surface area contributed by atoms with Gasteiger partial charge >= 0.3 is 5.97 Å². The number of carbonyl (C=O) groups is 2. The first-order valence-corrected chi connectivity index (χ1v) is 10.7. The summed E-state index contributed by atoms with van der Waals surface area (Å²) in [5.41, 5.74) is 2.22. The van der Waals surface area contributed by atoms with Gasteiger partial charge in [0.05, 0.1) is 19.1 Å². The fraction of sp³-hybridized carbons (Fsp3) is 0.417. The number of methoxy groups -OCH3 is 1. The van der Waals surface area contributed by atoms with Gasteiger partial charge in [-0.1, -0.05) is 6.07 Å². The zero-order chi connectivity index (χ0) is 22.8. The molecule has 0 N–H and O–H groups in total. The summed E-state index contributed by atoms with van der Waals surface area (Å²) in [6.07, 6.45) is 0.499. The predicted molar refractivity (Wildman–Crippen MR) is 114 cm³/mol. The Morgan fingerprint density at radius 3 is 2.59 bits per heavy atom. The van der Waals surface area contributed by atoms with Crippen LogP contribution in [-0.4, -0.2) is 61.5 Å². The van der Waals surface area contributed by atoms with Crippen LogP contribution in [0.15, 0.2) is 24.3 Å². The number of fused-ring (bicyclic) bond motifs is 1. The summed E-state index contributed by atoms with van der Waals surface area (Å²) in [6, 6.07) is 6.24. The highest BCUT2D eigenvalue weighted by Gasteiger charge is 2.27. The second-order valence-corrected chi connectivity index (χ2v) is 8.20. The minimum absolute atomic E-state index is 0.0103. The van der Waals surface area contributed by atoms with Crippen LogP contribution in [0.2, 0.25) is 0 Å². The molecule has 0 saturated carbocycles. The van der Waals surface area contributed by atoms with E-state index in [0.717, 1.165) is 0 Å². The van der Waals surface area contributed by atoms with Gasteiger partial charge in [-0.3, -0.25) is 9.69 Å². The molecular formula is C24H26F2N2O4. The molecule has 2 aliphatic rings. The quantitative estimate of drug-likeness (QED) is 0.642. The smallest absolute Gasteiger partial charge is 0.338 e. The molecule has 0 radical (unpaired) electrons. The molecule has 170 valence electrons. The van der Waals surface area contributed by atoms with E-state index in [1.165, 1.54) is 13.2 Å². The van der Waals surface area contributed by atoms with Crippen LogP contribution in [-0.2, 0) is 29.0 Å². The van der Waals surface area contributed by atoms with Crippen molar-refractivity contribution in [2.24, 2.45) is 0 Å². The van der Waals surface area contributed by atoms with Gasteiger partial charge in [-0.2, -0.15) is 0 Å².